The first-order valence-electron chi connectivity index (χ1n) is 7.54. The molecular weight excluding hydrogens is 226 g/mol. The zero-order chi connectivity index (χ0) is 13.1. The van der Waals surface area contributed by atoms with Crippen LogP contribution in [0, 0.1) is 17.8 Å². The molecule has 4 atom stereocenters. The Labute approximate surface area is 110 Å². The van der Waals surface area contributed by atoms with Crippen LogP contribution < -0.4 is 5.32 Å². The van der Waals surface area contributed by atoms with E-state index in [1.165, 1.54) is 6.42 Å². The van der Waals surface area contributed by atoms with Crippen molar-refractivity contribution in [3.8, 4) is 0 Å². The first-order chi connectivity index (χ1) is 8.56. The quantitative estimate of drug-likeness (QED) is 0.794. The number of nitrogens with one attached hydrogen (secondary N) is 1. The molecule has 0 aromatic rings. The molecule has 3 heteroatoms. The highest BCUT2D eigenvalue weighted by molar-refractivity contribution is 5.79. The van der Waals surface area contributed by atoms with Crippen LogP contribution in [0.25, 0.3) is 0 Å². The van der Waals surface area contributed by atoms with Gasteiger partial charge >= 0.3 is 0 Å². The number of rotatable bonds is 2. The number of carbonyl (C=O) groups is 1. The van der Waals surface area contributed by atoms with Crippen molar-refractivity contribution in [2.24, 2.45) is 17.8 Å². The van der Waals surface area contributed by atoms with E-state index in [-0.39, 0.29) is 24.0 Å². The molecule has 2 aliphatic rings. The lowest BCUT2D eigenvalue weighted by atomic mass is 9.76. The van der Waals surface area contributed by atoms with Gasteiger partial charge in [-0.25, -0.2) is 0 Å². The maximum Gasteiger partial charge on any atom is 0.223 e. The van der Waals surface area contributed by atoms with E-state index in [2.05, 4.69) is 19.2 Å². The fourth-order valence-corrected chi connectivity index (χ4v) is 3.74. The number of hydrogen-bond acceptors (Lipinski definition) is 2. The van der Waals surface area contributed by atoms with Crippen molar-refractivity contribution in [3.63, 3.8) is 0 Å². The summed E-state index contributed by atoms with van der Waals surface area (Å²) < 4.78 is 0. The van der Waals surface area contributed by atoms with Gasteiger partial charge in [0.15, 0.2) is 0 Å². The van der Waals surface area contributed by atoms with E-state index < -0.39 is 0 Å². The van der Waals surface area contributed by atoms with Crippen LogP contribution in [0.3, 0.4) is 0 Å². The fraction of sp³-hybridized carbons (Fsp3) is 0.933. The van der Waals surface area contributed by atoms with E-state index in [1.54, 1.807) is 0 Å². The molecule has 4 unspecified atom stereocenters. The van der Waals surface area contributed by atoms with E-state index in [4.69, 9.17) is 0 Å². The Morgan fingerprint density at radius 1 is 1.06 bits per heavy atom. The van der Waals surface area contributed by atoms with Gasteiger partial charge in [-0.2, -0.15) is 0 Å². The molecule has 104 valence electrons. The molecule has 0 aliphatic heterocycles. The third-order valence-electron chi connectivity index (χ3n) is 4.61. The van der Waals surface area contributed by atoms with Crippen molar-refractivity contribution in [2.45, 2.75) is 70.9 Å². The van der Waals surface area contributed by atoms with Crippen molar-refractivity contribution in [3.05, 3.63) is 0 Å². The molecule has 1 amide bonds. The average molecular weight is 253 g/mol. The summed E-state index contributed by atoms with van der Waals surface area (Å²) in [6.45, 7) is 4.48. The van der Waals surface area contributed by atoms with Gasteiger partial charge in [0.2, 0.25) is 5.91 Å². The number of amides is 1. The molecular formula is C15H27NO2. The highest BCUT2D eigenvalue weighted by Gasteiger charge is 2.32. The lowest BCUT2D eigenvalue weighted by molar-refractivity contribution is -0.129. The number of aliphatic hydroxyl groups is 1. The van der Waals surface area contributed by atoms with Gasteiger partial charge in [-0.05, 0) is 43.9 Å². The number of hydrogen-bond donors (Lipinski definition) is 2. The second-order valence-electron chi connectivity index (χ2n) is 6.58. The first kappa shape index (κ1) is 13.9. The molecule has 2 fully saturated rings. The molecule has 2 saturated carbocycles. The summed E-state index contributed by atoms with van der Waals surface area (Å²) in [4.78, 5) is 12.3. The van der Waals surface area contributed by atoms with E-state index in [1.807, 2.05) is 0 Å². The first-order valence-corrected chi connectivity index (χ1v) is 7.54. The van der Waals surface area contributed by atoms with Gasteiger partial charge in [-0.3, -0.25) is 4.79 Å². The minimum Gasteiger partial charge on any atom is -0.391 e. The molecule has 3 nitrogen and oxygen atoms in total. The maximum atomic E-state index is 12.3. The van der Waals surface area contributed by atoms with Gasteiger partial charge in [0, 0.05) is 5.92 Å². The molecule has 0 bridgehead atoms. The van der Waals surface area contributed by atoms with E-state index in [0.29, 0.717) is 11.8 Å². The van der Waals surface area contributed by atoms with Crippen LogP contribution in [0.4, 0.5) is 0 Å². The summed E-state index contributed by atoms with van der Waals surface area (Å²) in [5.41, 5.74) is 0. The number of carbonyl (C=O) groups excluding carboxylic acids is 1. The largest absolute Gasteiger partial charge is 0.391 e. The Hall–Kier alpha value is -0.570. The van der Waals surface area contributed by atoms with Gasteiger partial charge in [0.25, 0.3) is 0 Å². The summed E-state index contributed by atoms with van der Waals surface area (Å²) >= 11 is 0. The molecule has 0 heterocycles. The topological polar surface area (TPSA) is 49.3 Å². The van der Waals surface area contributed by atoms with Crippen molar-refractivity contribution in [1.82, 2.24) is 5.32 Å². The van der Waals surface area contributed by atoms with Crippen LogP contribution in [0.1, 0.15) is 58.8 Å². The van der Waals surface area contributed by atoms with Gasteiger partial charge in [0.05, 0.1) is 12.1 Å². The van der Waals surface area contributed by atoms with Crippen LogP contribution in [0.15, 0.2) is 0 Å². The Balaban J connectivity index is 1.86. The molecule has 0 aromatic carbocycles. The Morgan fingerprint density at radius 3 is 2.28 bits per heavy atom. The average Bonchev–Trinajstić information content (AvgIpc) is 2.31. The Kier molecular flexibility index (Phi) is 4.66. The fourth-order valence-electron chi connectivity index (χ4n) is 3.74. The summed E-state index contributed by atoms with van der Waals surface area (Å²) in [5.74, 6) is 1.65. The molecule has 18 heavy (non-hydrogen) atoms. The third kappa shape index (κ3) is 3.47. The second-order valence-corrected chi connectivity index (χ2v) is 6.58. The molecule has 0 aromatic heterocycles. The predicted octanol–water partition coefficient (Wildman–Crippen LogP) is 2.48. The second kappa shape index (κ2) is 6.05. The van der Waals surface area contributed by atoms with Crippen molar-refractivity contribution in [1.29, 1.82) is 0 Å². The monoisotopic (exact) mass is 253 g/mol. The van der Waals surface area contributed by atoms with Crippen LogP contribution in [0.5, 0.6) is 0 Å². The maximum absolute atomic E-state index is 12.3. The summed E-state index contributed by atoms with van der Waals surface area (Å²) in [7, 11) is 0. The summed E-state index contributed by atoms with van der Waals surface area (Å²) in [6.07, 6.45) is 6.92. The standard InChI is InChI=1S/C15H27NO2/c1-10-7-11(2)9-12(8-10)15(18)16-13-5-3-4-6-14(13)17/h10-14,17H,3-9H2,1-2H3,(H,16,18). The SMILES string of the molecule is CC1CC(C)CC(C(=O)NC2CCCCC2O)C1. The zero-order valence-electron chi connectivity index (χ0n) is 11.7. The minimum absolute atomic E-state index is 0.00112. The van der Waals surface area contributed by atoms with Crippen molar-refractivity contribution >= 4 is 5.91 Å². The normalized spacial score (nSPS) is 41.4. The lowest BCUT2D eigenvalue weighted by Gasteiger charge is -2.34. The van der Waals surface area contributed by atoms with Crippen molar-refractivity contribution < 1.29 is 9.90 Å². The molecule has 0 spiro atoms. The van der Waals surface area contributed by atoms with Crippen LogP contribution in [-0.2, 0) is 4.79 Å². The van der Waals surface area contributed by atoms with Gasteiger partial charge < -0.3 is 10.4 Å². The zero-order valence-corrected chi connectivity index (χ0v) is 11.7. The number of aliphatic hydroxyl groups excluding tert-OH is 1. The third-order valence-corrected chi connectivity index (χ3v) is 4.61. The highest BCUT2D eigenvalue weighted by Crippen LogP contribution is 2.33. The summed E-state index contributed by atoms with van der Waals surface area (Å²) in [6, 6.07) is -0.00112. The Bertz CT molecular complexity index is 282. The Morgan fingerprint density at radius 2 is 1.67 bits per heavy atom. The van der Waals surface area contributed by atoms with Crippen LogP contribution in [-0.4, -0.2) is 23.2 Å². The van der Waals surface area contributed by atoms with Crippen LogP contribution >= 0.6 is 0 Å². The van der Waals surface area contributed by atoms with E-state index >= 15 is 0 Å². The minimum atomic E-state index is -0.332. The van der Waals surface area contributed by atoms with Gasteiger partial charge in [-0.15, -0.1) is 0 Å². The van der Waals surface area contributed by atoms with Gasteiger partial charge in [0.1, 0.15) is 0 Å². The molecule has 2 aliphatic carbocycles. The van der Waals surface area contributed by atoms with E-state index in [0.717, 1.165) is 38.5 Å². The van der Waals surface area contributed by atoms with Gasteiger partial charge in [-0.1, -0.05) is 26.7 Å². The molecule has 2 N–H and O–H groups in total. The predicted molar refractivity (Wildman–Crippen MR) is 72.1 cm³/mol. The lowest BCUT2D eigenvalue weighted by Crippen LogP contribution is -2.48. The molecule has 0 saturated heterocycles. The molecule has 2 rings (SSSR count). The summed E-state index contributed by atoms with van der Waals surface area (Å²) in [5, 5.41) is 13.0. The van der Waals surface area contributed by atoms with Crippen molar-refractivity contribution in [2.75, 3.05) is 0 Å². The smallest absolute Gasteiger partial charge is 0.223 e. The highest BCUT2D eigenvalue weighted by atomic mass is 16.3. The van der Waals surface area contributed by atoms with E-state index in [9.17, 15) is 9.90 Å². The molecule has 0 radical (unpaired) electrons. The van der Waals surface area contributed by atoms with Crippen LogP contribution in [0.2, 0.25) is 0 Å².